The van der Waals surface area contributed by atoms with E-state index in [1.165, 1.54) is 5.56 Å². The van der Waals surface area contributed by atoms with Gasteiger partial charge in [0.2, 0.25) is 0 Å². The fourth-order valence-electron chi connectivity index (χ4n) is 3.37. The molecule has 0 fully saturated rings. The Labute approximate surface area is 171 Å². The summed E-state index contributed by atoms with van der Waals surface area (Å²) < 4.78 is 7.41. The summed E-state index contributed by atoms with van der Waals surface area (Å²) in [6.07, 6.45) is 1.82. The second kappa shape index (κ2) is 8.37. The van der Waals surface area contributed by atoms with Crippen molar-refractivity contribution in [3.63, 3.8) is 0 Å². The number of nitrogens with zero attached hydrogens (tertiary/aromatic N) is 2. The maximum atomic E-state index is 5.53. The molecule has 29 heavy (non-hydrogen) atoms. The Balaban J connectivity index is 1.51. The molecular weight excluding hydrogens is 360 g/mol. The molecule has 4 rings (SSSR count). The van der Waals surface area contributed by atoms with E-state index < -0.39 is 0 Å². The van der Waals surface area contributed by atoms with Gasteiger partial charge in [0.05, 0.1) is 12.3 Å². The van der Waals surface area contributed by atoms with Crippen LogP contribution < -0.4 is 5.32 Å². The van der Waals surface area contributed by atoms with Crippen LogP contribution >= 0.6 is 0 Å². The number of hydrogen-bond acceptors (Lipinski definition) is 3. The van der Waals surface area contributed by atoms with Gasteiger partial charge in [0, 0.05) is 31.2 Å². The second-order valence-corrected chi connectivity index (χ2v) is 7.11. The van der Waals surface area contributed by atoms with Crippen LogP contribution in [0.2, 0.25) is 0 Å². The molecule has 5 nitrogen and oxygen atoms in total. The third-order valence-electron chi connectivity index (χ3n) is 5.04. The minimum atomic E-state index is 0.629. The van der Waals surface area contributed by atoms with Crippen molar-refractivity contribution in [2.75, 3.05) is 11.9 Å². The van der Waals surface area contributed by atoms with Crippen molar-refractivity contribution in [2.45, 2.75) is 20.5 Å². The highest BCUT2D eigenvalue weighted by Gasteiger charge is 2.07. The molecule has 0 bridgehead atoms. The van der Waals surface area contributed by atoms with Gasteiger partial charge >= 0.3 is 0 Å². The summed E-state index contributed by atoms with van der Waals surface area (Å²) in [5.74, 6) is 0.965. The molecule has 0 amide bonds. The van der Waals surface area contributed by atoms with E-state index in [4.69, 9.17) is 4.74 Å². The Bertz CT molecular complexity index is 1090. The number of aromatic amines is 1. The predicted molar refractivity (Wildman–Crippen MR) is 118 cm³/mol. The van der Waals surface area contributed by atoms with Gasteiger partial charge in [-0.1, -0.05) is 36.4 Å². The first-order chi connectivity index (χ1) is 14.1. The predicted octanol–water partition coefficient (Wildman–Crippen LogP) is 5.67. The molecule has 0 saturated carbocycles. The van der Waals surface area contributed by atoms with Crippen LogP contribution in [0.4, 0.5) is 11.5 Å². The second-order valence-electron chi connectivity index (χ2n) is 7.11. The number of aromatic nitrogens is 3. The molecule has 148 valence electrons. The summed E-state index contributed by atoms with van der Waals surface area (Å²) in [6.45, 7) is 5.46. The van der Waals surface area contributed by atoms with Gasteiger partial charge in [0.15, 0.2) is 0 Å². The first-order valence-electron chi connectivity index (χ1n) is 9.86. The van der Waals surface area contributed by atoms with E-state index in [1.807, 2.05) is 30.9 Å². The Kier molecular flexibility index (Phi) is 5.49. The van der Waals surface area contributed by atoms with Crippen LogP contribution in [0.1, 0.15) is 18.1 Å². The smallest absolute Gasteiger partial charge is 0.108 e. The van der Waals surface area contributed by atoms with Crippen LogP contribution in [0.25, 0.3) is 22.5 Å². The lowest BCUT2D eigenvalue weighted by atomic mass is 10.1. The fraction of sp³-hybridized carbons (Fsp3) is 0.208. The standard InChI is InChI=1S/C24H26N4O/c1-4-29-16-18-6-5-17(2)22(15-18)27-24-12-11-21(26-24)19-7-9-20(10-8-19)23-13-14-25-28(23)3/h5-15,26-27H,4,16H2,1-3H3. The van der Waals surface area contributed by atoms with Gasteiger partial charge in [-0.05, 0) is 60.4 Å². The molecule has 5 heteroatoms. The van der Waals surface area contributed by atoms with Crippen LogP contribution in [0, 0.1) is 6.92 Å². The first-order valence-corrected chi connectivity index (χ1v) is 9.86. The molecule has 2 aromatic carbocycles. The van der Waals surface area contributed by atoms with Crippen molar-refractivity contribution in [3.05, 3.63) is 78.0 Å². The lowest BCUT2D eigenvalue weighted by Crippen LogP contribution is -1.97. The summed E-state index contributed by atoms with van der Waals surface area (Å²) in [6, 6.07) is 21.1. The third-order valence-corrected chi connectivity index (χ3v) is 5.04. The van der Waals surface area contributed by atoms with E-state index in [0.29, 0.717) is 6.61 Å². The summed E-state index contributed by atoms with van der Waals surface area (Å²) >= 11 is 0. The molecule has 0 atom stereocenters. The monoisotopic (exact) mass is 386 g/mol. The van der Waals surface area contributed by atoms with Crippen molar-refractivity contribution in [2.24, 2.45) is 7.05 Å². The molecule has 0 aliphatic rings. The first kappa shape index (κ1) is 19.0. The number of aryl methyl sites for hydroxylation is 2. The van der Waals surface area contributed by atoms with Gasteiger partial charge in [-0.15, -0.1) is 0 Å². The Hall–Kier alpha value is -3.31. The minimum absolute atomic E-state index is 0.629. The minimum Gasteiger partial charge on any atom is -0.377 e. The Morgan fingerprint density at radius 1 is 1.00 bits per heavy atom. The quantitative estimate of drug-likeness (QED) is 0.430. The molecule has 2 heterocycles. The number of benzene rings is 2. The lowest BCUT2D eigenvalue weighted by molar-refractivity contribution is 0.134. The van der Waals surface area contributed by atoms with E-state index in [9.17, 15) is 0 Å². The number of ether oxygens (including phenoxy) is 1. The lowest BCUT2D eigenvalue weighted by Gasteiger charge is -2.11. The van der Waals surface area contributed by atoms with Crippen LogP contribution in [0.15, 0.2) is 66.9 Å². The summed E-state index contributed by atoms with van der Waals surface area (Å²) in [5.41, 5.74) is 7.92. The van der Waals surface area contributed by atoms with E-state index in [0.717, 1.165) is 46.2 Å². The highest BCUT2D eigenvalue weighted by atomic mass is 16.5. The number of nitrogens with one attached hydrogen (secondary N) is 2. The molecule has 2 aromatic heterocycles. The molecule has 2 N–H and O–H groups in total. The van der Waals surface area contributed by atoms with Crippen molar-refractivity contribution < 1.29 is 4.74 Å². The van der Waals surface area contributed by atoms with Gasteiger partial charge in [0.25, 0.3) is 0 Å². The number of hydrogen-bond donors (Lipinski definition) is 2. The summed E-state index contributed by atoms with van der Waals surface area (Å²) in [7, 11) is 1.96. The van der Waals surface area contributed by atoms with E-state index in [2.05, 4.69) is 76.9 Å². The zero-order chi connectivity index (χ0) is 20.2. The van der Waals surface area contributed by atoms with Gasteiger partial charge in [-0.3, -0.25) is 4.68 Å². The van der Waals surface area contributed by atoms with Crippen LogP contribution in [-0.2, 0) is 18.4 Å². The number of H-pyrrole nitrogens is 1. The molecule has 0 aliphatic carbocycles. The maximum Gasteiger partial charge on any atom is 0.108 e. The summed E-state index contributed by atoms with van der Waals surface area (Å²) in [4.78, 5) is 3.47. The van der Waals surface area contributed by atoms with Crippen molar-refractivity contribution in [3.8, 4) is 22.5 Å². The molecule has 0 radical (unpaired) electrons. The van der Waals surface area contributed by atoms with Crippen LogP contribution in [0.5, 0.6) is 0 Å². The highest BCUT2D eigenvalue weighted by Crippen LogP contribution is 2.27. The van der Waals surface area contributed by atoms with Gasteiger partial charge in [-0.25, -0.2) is 0 Å². The molecule has 0 saturated heterocycles. The normalized spacial score (nSPS) is 11.0. The van der Waals surface area contributed by atoms with E-state index in [-0.39, 0.29) is 0 Å². The molecule has 0 unspecified atom stereocenters. The van der Waals surface area contributed by atoms with Crippen LogP contribution in [0.3, 0.4) is 0 Å². The van der Waals surface area contributed by atoms with Crippen molar-refractivity contribution >= 4 is 11.5 Å². The number of rotatable bonds is 7. The van der Waals surface area contributed by atoms with Gasteiger partial charge in [0.1, 0.15) is 5.82 Å². The largest absolute Gasteiger partial charge is 0.377 e. The van der Waals surface area contributed by atoms with Gasteiger partial charge in [-0.2, -0.15) is 5.10 Å². The fourth-order valence-corrected chi connectivity index (χ4v) is 3.37. The average molecular weight is 386 g/mol. The van der Waals surface area contributed by atoms with Crippen molar-refractivity contribution in [1.29, 1.82) is 0 Å². The van der Waals surface area contributed by atoms with E-state index in [1.54, 1.807) is 0 Å². The topological polar surface area (TPSA) is 54.9 Å². The number of anilines is 2. The average Bonchev–Trinajstić information content (AvgIpc) is 3.38. The zero-order valence-electron chi connectivity index (χ0n) is 17.1. The van der Waals surface area contributed by atoms with Crippen LogP contribution in [-0.4, -0.2) is 21.4 Å². The summed E-state index contributed by atoms with van der Waals surface area (Å²) in [5, 5.41) is 7.74. The Morgan fingerprint density at radius 3 is 2.52 bits per heavy atom. The Morgan fingerprint density at radius 2 is 1.79 bits per heavy atom. The molecule has 0 spiro atoms. The van der Waals surface area contributed by atoms with Gasteiger partial charge < -0.3 is 15.0 Å². The molecule has 4 aromatic rings. The zero-order valence-corrected chi connectivity index (χ0v) is 17.1. The third kappa shape index (κ3) is 4.25. The maximum absolute atomic E-state index is 5.53. The SMILES string of the molecule is CCOCc1ccc(C)c(Nc2ccc(-c3ccc(-c4ccnn4C)cc3)[nH]2)c1. The molecular formula is C24H26N4O. The van der Waals surface area contributed by atoms with Crippen molar-refractivity contribution in [1.82, 2.24) is 14.8 Å². The highest BCUT2D eigenvalue weighted by molar-refractivity contribution is 5.70. The molecule has 0 aliphatic heterocycles. The van der Waals surface area contributed by atoms with E-state index >= 15 is 0 Å².